The first-order valence-corrected chi connectivity index (χ1v) is 7.26. The Morgan fingerprint density at radius 2 is 1.85 bits per heavy atom. The van der Waals surface area contributed by atoms with Crippen LogP contribution in [-0.2, 0) is 5.60 Å². The molecule has 0 amide bonds. The summed E-state index contributed by atoms with van der Waals surface area (Å²) in [5.41, 5.74) is -0.888. The smallest absolute Gasteiger partial charge is 0.165 e. The fourth-order valence-corrected chi connectivity index (χ4v) is 2.93. The third-order valence-electron chi connectivity index (χ3n) is 4.36. The number of aliphatic hydroxyl groups is 1. The zero-order valence-corrected chi connectivity index (χ0v) is 12.4. The second-order valence-corrected chi connectivity index (χ2v) is 6.07. The summed E-state index contributed by atoms with van der Waals surface area (Å²) in [7, 11) is 0. The normalized spacial score (nSPS) is 24.9. The highest BCUT2D eigenvalue weighted by atomic mass is 19.2. The highest BCUT2D eigenvalue weighted by molar-refractivity contribution is 5.30. The molecule has 1 aliphatic rings. The molecule has 20 heavy (non-hydrogen) atoms. The maximum atomic E-state index is 14.1. The maximum Gasteiger partial charge on any atom is 0.165 e. The van der Waals surface area contributed by atoms with Gasteiger partial charge in [0.15, 0.2) is 11.6 Å². The minimum Gasteiger partial charge on any atom is -0.385 e. The van der Waals surface area contributed by atoms with Gasteiger partial charge in [0, 0.05) is 18.2 Å². The van der Waals surface area contributed by atoms with Crippen LogP contribution < -0.4 is 0 Å². The van der Waals surface area contributed by atoms with Gasteiger partial charge in [-0.25, -0.2) is 8.78 Å². The van der Waals surface area contributed by atoms with E-state index < -0.39 is 17.2 Å². The van der Waals surface area contributed by atoms with E-state index in [0.29, 0.717) is 25.4 Å². The molecule has 1 unspecified atom stereocenters. The van der Waals surface area contributed by atoms with Crippen molar-refractivity contribution >= 4 is 0 Å². The molecule has 112 valence electrons. The number of rotatable bonds is 2. The summed E-state index contributed by atoms with van der Waals surface area (Å²) in [6.45, 7) is 7.33. The molecular weight excluding hydrogens is 260 g/mol. The van der Waals surface area contributed by atoms with Crippen molar-refractivity contribution in [3.63, 3.8) is 0 Å². The number of hydrogen-bond acceptors (Lipinski definition) is 2. The lowest BCUT2D eigenvalue weighted by Crippen LogP contribution is -2.34. The summed E-state index contributed by atoms with van der Waals surface area (Å²) < 4.78 is 27.9. The minimum atomic E-state index is -1.26. The van der Waals surface area contributed by atoms with Gasteiger partial charge >= 0.3 is 0 Å². The molecule has 0 spiro atoms. The molecule has 1 saturated heterocycles. The van der Waals surface area contributed by atoms with E-state index >= 15 is 0 Å². The summed E-state index contributed by atoms with van der Waals surface area (Å²) >= 11 is 0. The first-order valence-electron chi connectivity index (χ1n) is 7.26. The number of likely N-dealkylation sites (tertiary alicyclic amines) is 1. The zero-order chi connectivity index (χ0) is 14.9. The van der Waals surface area contributed by atoms with E-state index in [1.54, 1.807) is 0 Å². The summed E-state index contributed by atoms with van der Waals surface area (Å²) in [5, 5.41) is 10.8. The summed E-state index contributed by atoms with van der Waals surface area (Å²) in [5.74, 6) is -1.74. The Morgan fingerprint density at radius 3 is 2.50 bits per heavy atom. The van der Waals surface area contributed by atoms with Crippen molar-refractivity contribution in [2.24, 2.45) is 0 Å². The average Bonchev–Trinajstić information content (AvgIpc) is 2.59. The molecule has 0 radical (unpaired) electrons. The zero-order valence-electron chi connectivity index (χ0n) is 12.4. The third-order valence-corrected chi connectivity index (χ3v) is 4.36. The van der Waals surface area contributed by atoms with Crippen LogP contribution >= 0.6 is 0 Å². The molecule has 1 fully saturated rings. The van der Waals surface area contributed by atoms with E-state index in [-0.39, 0.29) is 11.1 Å². The first kappa shape index (κ1) is 15.4. The molecule has 1 aromatic rings. The molecular formula is C16H23F2NO. The fourth-order valence-electron chi connectivity index (χ4n) is 2.93. The lowest BCUT2D eigenvalue weighted by atomic mass is 9.86. The molecule has 2 nitrogen and oxygen atoms in total. The van der Waals surface area contributed by atoms with E-state index in [0.717, 1.165) is 13.0 Å². The van der Waals surface area contributed by atoms with E-state index in [2.05, 4.69) is 18.7 Å². The quantitative estimate of drug-likeness (QED) is 0.899. The van der Waals surface area contributed by atoms with Crippen LogP contribution in [0.5, 0.6) is 0 Å². The van der Waals surface area contributed by atoms with Crippen molar-refractivity contribution in [3.8, 4) is 0 Å². The Labute approximate surface area is 119 Å². The van der Waals surface area contributed by atoms with Crippen LogP contribution in [0.3, 0.4) is 0 Å². The Balaban J connectivity index is 2.29. The SMILES string of the molecule is Cc1ccc(C2(O)CCCN(C(C)C)CC2)c(F)c1F. The summed E-state index contributed by atoms with van der Waals surface area (Å²) in [4.78, 5) is 2.26. The van der Waals surface area contributed by atoms with Crippen LogP contribution in [0.4, 0.5) is 8.78 Å². The monoisotopic (exact) mass is 283 g/mol. The number of aryl methyl sites for hydroxylation is 1. The van der Waals surface area contributed by atoms with Crippen LogP contribution in [0.2, 0.25) is 0 Å². The van der Waals surface area contributed by atoms with Crippen molar-refractivity contribution in [2.45, 2.75) is 51.7 Å². The molecule has 1 aromatic carbocycles. The number of hydrogen-bond donors (Lipinski definition) is 1. The molecule has 0 saturated carbocycles. The Kier molecular flexibility index (Phi) is 4.45. The van der Waals surface area contributed by atoms with Gasteiger partial charge in [0.2, 0.25) is 0 Å². The molecule has 0 bridgehead atoms. The van der Waals surface area contributed by atoms with Gasteiger partial charge in [-0.3, -0.25) is 0 Å². The molecule has 1 aliphatic heterocycles. The molecule has 0 aliphatic carbocycles. The molecule has 4 heteroatoms. The van der Waals surface area contributed by atoms with Crippen LogP contribution in [0.25, 0.3) is 0 Å². The molecule has 1 N–H and O–H groups in total. The van der Waals surface area contributed by atoms with E-state index in [9.17, 15) is 13.9 Å². The Bertz CT molecular complexity index is 490. The van der Waals surface area contributed by atoms with Gasteiger partial charge in [-0.05, 0) is 52.1 Å². The highest BCUT2D eigenvalue weighted by Crippen LogP contribution is 2.35. The van der Waals surface area contributed by atoms with Crippen molar-refractivity contribution < 1.29 is 13.9 Å². The van der Waals surface area contributed by atoms with Gasteiger partial charge < -0.3 is 10.0 Å². The minimum absolute atomic E-state index is 0.103. The van der Waals surface area contributed by atoms with Crippen LogP contribution in [0, 0.1) is 18.6 Å². The van der Waals surface area contributed by atoms with Crippen molar-refractivity contribution in [1.29, 1.82) is 0 Å². The van der Waals surface area contributed by atoms with Gasteiger partial charge in [0.05, 0.1) is 5.60 Å². The van der Waals surface area contributed by atoms with E-state index in [4.69, 9.17) is 0 Å². The largest absolute Gasteiger partial charge is 0.385 e. The third kappa shape index (κ3) is 2.86. The van der Waals surface area contributed by atoms with Gasteiger partial charge in [0.1, 0.15) is 0 Å². The molecule has 2 rings (SSSR count). The molecule has 1 heterocycles. The van der Waals surface area contributed by atoms with Gasteiger partial charge in [0.25, 0.3) is 0 Å². The van der Waals surface area contributed by atoms with Gasteiger partial charge in [-0.2, -0.15) is 0 Å². The lowest BCUT2D eigenvalue weighted by molar-refractivity contribution is 0.0164. The van der Waals surface area contributed by atoms with Gasteiger partial charge in [-0.1, -0.05) is 12.1 Å². The van der Waals surface area contributed by atoms with E-state index in [1.807, 2.05) is 0 Å². The predicted octanol–water partition coefficient (Wildman–Crippen LogP) is 3.36. The second kappa shape index (κ2) is 5.78. The number of nitrogens with zero attached hydrogens (tertiary/aromatic N) is 1. The topological polar surface area (TPSA) is 23.5 Å². The van der Waals surface area contributed by atoms with Crippen LogP contribution in [0.1, 0.15) is 44.2 Å². The standard InChI is InChI=1S/C16H23F2NO/c1-11(2)19-9-4-7-16(20,8-10-19)13-6-5-12(3)14(17)15(13)18/h5-6,11,20H,4,7-10H2,1-3H3. The Morgan fingerprint density at radius 1 is 1.15 bits per heavy atom. The highest BCUT2D eigenvalue weighted by Gasteiger charge is 2.35. The summed E-state index contributed by atoms with van der Waals surface area (Å²) in [6.07, 6.45) is 1.68. The van der Waals surface area contributed by atoms with Crippen molar-refractivity contribution in [3.05, 3.63) is 34.9 Å². The lowest BCUT2D eigenvalue weighted by Gasteiger charge is -2.29. The van der Waals surface area contributed by atoms with Crippen LogP contribution in [-0.4, -0.2) is 29.1 Å². The molecule has 0 aromatic heterocycles. The predicted molar refractivity (Wildman–Crippen MR) is 75.6 cm³/mol. The van der Waals surface area contributed by atoms with Gasteiger partial charge in [-0.15, -0.1) is 0 Å². The molecule has 1 atom stereocenters. The van der Waals surface area contributed by atoms with E-state index in [1.165, 1.54) is 19.1 Å². The fraction of sp³-hybridized carbons (Fsp3) is 0.625. The number of halogens is 2. The van der Waals surface area contributed by atoms with Crippen molar-refractivity contribution in [1.82, 2.24) is 4.90 Å². The average molecular weight is 283 g/mol. The first-order chi connectivity index (χ1) is 9.35. The second-order valence-electron chi connectivity index (χ2n) is 6.07. The van der Waals surface area contributed by atoms with Crippen molar-refractivity contribution in [2.75, 3.05) is 13.1 Å². The summed E-state index contributed by atoms with van der Waals surface area (Å²) in [6, 6.07) is 3.47. The maximum absolute atomic E-state index is 14.1. The Hall–Kier alpha value is -1.00. The van der Waals surface area contributed by atoms with Crippen LogP contribution in [0.15, 0.2) is 12.1 Å². The number of benzene rings is 1.